The number of ether oxygens (including phenoxy) is 1. The number of rotatable bonds is 5. The molecule has 8 nitrogen and oxygen atoms in total. The zero-order chi connectivity index (χ0) is 20.0. The highest BCUT2D eigenvalue weighted by Gasteiger charge is 2.33. The minimum atomic E-state index is 0.127. The molecule has 0 spiro atoms. The highest BCUT2D eigenvalue weighted by Crippen LogP contribution is 2.31. The van der Waals surface area contributed by atoms with Crippen molar-refractivity contribution in [3.05, 3.63) is 59.1 Å². The number of fused-ring (bicyclic) bond motifs is 1. The van der Waals surface area contributed by atoms with E-state index in [1.807, 2.05) is 32.9 Å². The van der Waals surface area contributed by atoms with Crippen LogP contribution in [0, 0.1) is 6.92 Å². The van der Waals surface area contributed by atoms with E-state index in [2.05, 4.69) is 37.1 Å². The zero-order valence-corrected chi connectivity index (χ0v) is 16.7. The van der Waals surface area contributed by atoms with E-state index in [9.17, 15) is 0 Å². The molecule has 0 N–H and O–H groups in total. The fourth-order valence-corrected chi connectivity index (χ4v) is 3.68. The lowest BCUT2D eigenvalue weighted by molar-refractivity contribution is 0.242. The maximum absolute atomic E-state index is 5.85. The number of aryl methyl sites for hydroxylation is 1. The van der Waals surface area contributed by atoms with E-state index >= 15 is 0 Å². The Morgan fingerprint density at radius 1 is 1.17 bits per heavy atom. The molecule has 0 radical (unpaired) electrons. The van der Waals surface area contributed by atoms with E-state index in [0.717, 1.165) is 41.6 Å². The van der Waals surface area contributed by atoms with Gasteiger partial charge in [0.25, 0.3) is 0 Å². The minimum Gasteiger partial charge on any atom is -0.491 e. The predicted octanol–water partition coefficient (Wildman–Crippen LogP) is 2.91. The first kappa shape index (κ1) is 17.8. The summed E-state index contributed by atoms with van der Waals surface area (Å²) < 4.78 is 11.1. The van der Waals surface area contributed by atoms with Crippen molar-refractivity contribution in [3.8, 4) is 5.75 Å². The van der Waals surface area contributed by atoms with E-state index in [1.54, 1.807) is 6.33 Å². The van der Waals surface area contributed by atoms with Crippen LogP contribution in [0.5, 0.6) is 5.75 Å². The highest BCUT2D eigenvalue weighted by molar-refractivity contribution is 6.14. The summed E-state index contributed by atoms with van der Waals surface area (Å²) in [6.45, 7) is 8.14. The third-order valence-corrected chi connectivity index (χ3v) is 5.11. The second kappa shape index (κ2) is 6.95. The summed E-state index contributed by atoms with van der Waals surface area (Å²) >= 11 is 0. The van der Waals surface area contributed by atoms with Crippen LogP contribution < -0.4 is 9.64 Å². The van der Waals surface area contributed by atoms with Gasteiger partial charge in [0.2, 0.25) is 5.89 Å². The van der Waals surface area contributed by atoms with Gasteiger partial charge in [-0.05, 0) is 38.5 Å². The number of nitrogens with zero attached hydrogens (tertiary/aromatic N) is 6. The van der Waals surface area contributed by atoms with Crippen LogP contribution in [0.3, 0.4) is 0 Å². The molecule has 29 heavy (non-hydrogen) atoms. The lowest BCUT2D eigenvalue weighted by Gasteiger charge is -2.38. The van der Waals surface area contributed by atoms with Crippen molar-refractivity contribution >= 4 is 11.5 Å². The van der Waals surface area contributed by atoms with Gasteiger partial charge in [-0.2, -0.15) is 4.98 Å². The summed E-state index contributed by atoms with van der Waals surface area (Å²) in [7, 11) is 0. The summed E-state index contributed by atoms with van der Waals surface area (Å²) in [6, 6.07) is 8.14. The Kier molecular flexibility index (Phi) is 4.26. The summed E-state index contributed by atoms with van der Waals surface area (Å²) in [5, 5.41) is 3.87. The molecule has 3 aromatic rings. The number of benzene rings is 1. The van der Waals surface area contributed by atoms with Gasteiger partial charge in [0.05, 0.1) is 30.0 Å². The van der Waals surface area contributed by atoms with E-state index < -0.39 is 0 Å². The van der Waals surface area contributed by atoms with E-state index in [1.165, 1.54) is 5.56 Å². The molecule has 0 amide bonds. The second-order valence-electron chi connectivity index (χ2n) is 7.69. The van der Waals surface area contributed by atoms with Gasteiger partial charge < -0.3 is 14.2 Å². The first-order valence-corrected chi connectivity index (χ1v) is 9.79. The maximum Gasteiger partial charge on any atom is 0.233 e. The molecule has 148 valence electrons. The molecular weight excluding hydrogens is 368 g/mol. The monoisotopic (exact) mass is 390 g/mol. The molecule has 1 saturated heterocycles. The normalized spacial score (nSPS) is 16.0. The Balaban J connectivity index is 1.35. The molecule has 0 saturated carbocycles. The van der Waals surface area contributed by atoms with Crippen LogP contribution in [0.1, 0.15) is 48.3 Å². The Labute approximate surface area is 168 Å². The van der Waals surface area contributed by atoms with Crippen molar-refractivity contribution < 1.29 is 9.26 Å². The van der Waals surface area contributed by atoms with Gasteiger partial charge in [-0.1, -0.05) is 11.2 Å². The smallest absolute Gasteiger partial charge is 0.233 e. The van der Waals surface area contributed by atoms with Crippen LogP contribution in [0.4, 0.5) is 5.82 Å². The zero-order valence-electron chi connectivity index (χ0n) is 16.7. The third kappa shape index (κ3) is 3.35. The largest absolute Gasteiger partial charge is 0.491 e. The summed E-state index contributed by atoms with van der Waals surface area (Å²) in [6.07, 6.45) is 1.73. The third-order valence-electron chi connectivity index (χ3n) is 5.11. The molecule has 8 heteroatoms. The van der Waals surface area contributed by atoms with Crippen molar-refractivity contribution in [2.45, 2.75) is 39.3 Å². The summed E-state index contributed by atoms with van der Waals surface area (Å²) in [5.41, 5.74) is 3.98. The van der Waals surface area contributed by atoms with Crippen molar-refractivity contribution in [1.82, 2.24) is 20.1 Å². The number of hydrogen-bond donors (Lipinski definition) is 0. The number of anilines is 1. The Bertz CT molecular complexity index is 1080. The molecule has 2 aliphatic rings. The van der Waals surface area contributed by atoms with Crippen LogP contribution in [-0.4, -0.2) is 45.0 Å². The van der Waals surface area contributed by atoms with Gasteiger partial charge in [-0.15, -0.1) is 0 Å². The first-order valence-electron chi connectivity index (χ1n) is 9.79. The molecule has 0 aliphatic carbocycles. The van der Waals surface area contributed by atoms with Crippen molar-refractivity contribution in [2.75, 3.05) is 18.0 Å². The van der Waals surface area contributed by atoms with Crippen molar-refractivity contribution in [3.63, 3.8) is 0 Å². The van der Waals surface area contributed by atoms with Gasteiger partial charge in [0.1, 0.15) is 17.9 Å². The molecule has 4 heterocycles. The molecule has 0 unspecified atom stereocenters. The van der Waals surface area contributed by atoms with Gasteiger partial charge in [-0.25, -0.2) is 9.97 Å². The highest BCUT2D eigenvalue weighted by atomic mass is 16.5. The van der Waals surface area contributed by atoms with E-state index in [0.29, 0.717) is 18.3 Å². The molecule has 2 aliphatic heterocycles. The number of aromatic nitrogens is 4. The molecule has 5 rings (SSSR count). The lowest BCUT2D eigenvalue weighted by atomic mass is 9.99. The predicted molar refractivity (Wildman–Crippen MR) is 108 cm³/mol. The lowest BCUT2D eigenvalue weighted by Crippen LogP contribution is -2.45. The van der Waals surface area contributed by atoms with Crippen LogP contribution in [0.25, 0.3) is 0 Å². The quantitative estimate of drug-likeness (QED) is 0.662. The number of hydrogen-bond acceptors (Lipinski definition) is 8. The average molecular weight is 390 g/mol. The molecule has 1 aromatic carbocycles. The molecular formula is C21H22N6O2. The van der Waals surface area contributed by atoms with Crippen LogP contribution in [0.15, 0.2) is 40.1 Å². The molecule has 0 bridgehead atoms. The van der Waals surface area contributed by atoms with Crippen molar-refractivity contribution in [1.29, 1.82) is 0 Å². The Morgan fingerprint density at radius 3 is 2.79 bits per heavy atom. The topological polar surface area (TPSA) is 89.5 Å². The average Bonchev–Trinajstić information content (AvgIpc) is 3.26. The van der Waals surface area contributed by atoms with Gasteiger partial charge >= 0.3 is 0 Å². The van der Waals surface area contributed by atoms with Gasteiger partial charge in [-0.3, -0.25) is 4.99 Å². The fourth-order valence-electron chi connectivity index (χ4n) is 3.68. The van der Waals surface area contributed by atoms with Crippen LogP contribution >= 0.6 is 0 Å². The Hall–Kier alpha value is -3.29. The summed E-state index contributed by atoms with van der Waals surface area (Å²) in [4.78, 5) is 20.2. The minimum absolute atomic E-state index is 0.127. The molecule has 2 aromatic heterocycles. The van der Waals surface area contributed by atoms with Crippen LogP contribution in [0.2, 0.25) is 0 Å². The summed E-state index contributed by atoms with van der Waals surface area (Å²) in [5.74, 6) is 3.34. The second-order valence-corrected chi connectivity index (χ2v) is 7.69. The van der Waals surface area contributed by atoms with Crippen LogP contribution in [-0.2, 0) is 6.54 Å². The fraction of sp³-hybridized carbons (Fsp3) is 0.381. The van der Waals surface area contributed by atoms with E-state index in [4.69, 9.17) is 14.3 Å². The number of aliphatic imine (C=N–C) groups is 1. The van der Waals surface area contributed by atoms with Gasteiger partial charge in [0.15, 0.2) is 5.82 Å². The SMILES string of the molecule is Cc1noc(C2CN(c3cc(C4=NCc5ccc(OC(C)C)cc54)ncn3)C2)n1. The van der Waals surface area contributed by atoms with Gasteiger partial charge in [0, 0.05) is 24.7 Å². The molecule has 0 atom stereocenters. The molecule has 1 fully saturated rings. The Morgan fingerprint density at radius 2 is 2.03 bits per heavy atom. The maximum atomic E-state index is 5.85. The van der Waals surface area contributed by atoms with Crippen molar-refractivity contribution in [2.24, 2.45) is 4.99 Å². The standard InChI is InChI=1S/C21H22N6O2/c1-12(2)28-16-5-4-14-8-22-20(17(14)6-16)18-7-19(24-11-23-18)27-9-15(10-27)21-25-13(3)26-29-21/h4-7,11-12,15H,8-10H2,1-3H3. The first-order chi connectivity index (χ1) is 14.1. The van der Waals surface area contributed by atoms with E-state index in [-0.39, 0.29) is 12.0 Å².